The molecule has 0 unspecified atom stereocenters. The highest BCUT2D eigenvalue weighted by atomic mass is 16.5. The van der Waals surface area contributed by atoms with E-state index in [2.05, 4.69) is 11.3 Å². The van der Waals surface area contributed by atoms with Crippen LogP contribution in [0.1, 0.15) is 19.8 Å². The molecule has 0 aromatic heterocycles. The molecule has 0 aliphatic heterocycles. The molecule has 0 saturated carbocycles. The molecule has 0 rings (SSSR count). The van der Waals surface area contributed by atoms with Gasteiger partial charge in [0, 0.05) is 0 Å². The van der Waals surface area contributed by atoms with E-state index in [1.54, 1.807) is 0 Å². The van der Waals surface area contributed by atoms with E-state index in [-0.39, 0.29) is 5.57 Å². The van der Waals surface area contributed by atoms with Crippen LogP contribution in [0.2, 0.25) is 0 Å². The van der Waals surface area contributed by atoms with Crippen molar-refractivity contribution in [2.24, 2.45) is 5.73 Å². The van der Waals surface area contributed by atoms with E-state index in [1.165, 1.54) is 0 Å². The van der Waals surface area contributed by atoms with Crippen LogP contribution in [-0.4, -0.2) is 18.5 Å². The van der Waals surface area contributed by atoms with Crippen molar-refractivity contribution in [2.45, 2.75) is 19.8 Å². The highest BCUT2D eigenvalue weighted by Crippen LogP contribution is 1.95. The molecule has 12 heavy (non-hydrogen) atoms. The second-order valence-corrected chi connectivity index (χ2v) is 2.33. The number of hydrogen-bond donors (Lipinski definition) is 1. The van der Waals surface area contributed by atoms with Gasteiger partial charge in [-0.3, -0.25) is 4.79 Å². The largest absolute Gasteiger partial charge is 0.462 e. The van der Waals surface area contributed by atoms with Crippen molar-refractivity contribution >= 4 is 11.9 Å². The van der Waals surface area contributed by atoms with Crippen LogP contribution < -0.4 is 5.73 Å². The molecule has 0 heterocycles. The van der Waals surface area contributed by atoms with Crippen molar-refractivity contribution in [1.29, 1.82) is 0 Å². The lowest BCUT2D eigenvalue weighted by Gasteiger charge is -2.02. The monoisotopic (exact) mass is 171 g/mol. The Morgan fingerprint density at radius 3 is 2.50 bits per heavy atom. The Hall–Kier alpha value is -1.32. The molecule has 0 aliphatic rings. The summed E-state index contributed by atoms with van der Waals surface area (Å²) in [7, 11) is 0. The smallest absolute Gasteiger partial charge is 0.343 e. The van der Waals surface area contributed by atoms with Crippen LogP contribution in [0.15, 0.2) is 12.2 Å². The van der Waals surface area contributed by atoms with Gasteiger partial charge in [-0.1, -0.05) is 19.9 Å². The average molecular weight is 171 g/mol. The number of nitrogens with two attached hydrogens (primary N) is 1. The fraction of sp³-hybridized carbons (Fsp3) is 0.500. The molecule has 1 amide bonds. The van der Waals surface area contributed by atoms with Crippen molar-refractivity contribution in [1.82, 2.24) is 0 Å². The van der Waals surface area contributed by atoms with Gasteiger partial charge in [-0.05, 0) is 6.42 Å². The number of carbonyl (C=O) groups is 2. The Morgan fingerprint density at radius 1 is 1.50 bits per heavy atom. The van der Waals surface area contributed by atoms with Gasteiger partial charge in [0.15, 0.2) is 0 Å². The second-order valence-electron chi connectivity index (χ2n) is 2.33. The summed E-state index contributed by atoms with van der Waals surface area (Å²) in [5.74, 6) is -1.56. The Kier molecular flexibility index (Phi) is 4.76. The van der Waals surface area contributed by atoms with Gasteiger partial charge in [0.2, 0.25) is 0 Å². The molecule has 0 aromatic carbocycles. The van der Waals surface area contributed by atoms with Crippen molar-refractivity contribution in [2.75, 3.05) is 6.61 Å². The normalized spacial score (nSPS) is 9.08. The summed E-state index contributed by atoms with van der Waals surface area (Å²) in [6.45, 7) is 5.46. The number of ether oxygens (including phenoxy) is 1. The predicted molar refractivity (Wildman–Crippen MR) is 44.2 cm³/mol. The first-order valence-electron chi connectivity index (χ1n) is 3.75. The van der Waals surface area contributed by atoms with Gasteiger partial charge in [0.1, 0.15) is 5.57 Å². The molecule has 0 atom stereocenters. The fourth-order valence-electron chi connectivity index (χ4n) is 0.497. The molecule has 0 aliphatic carbocycles. The minimum Gasteiger partial charge on any atom is -0.462 e. The Morgan fingerprint density at radius 2 is 2.08 bits per heavy atom. The van der Waals surface area contributed by atoms with Crippen LogP contribution in [0.3, 0.4) is 0 Å². The minimum atomic E-state index is -0.837. The third-order valence-electron chi connectivity index (χ3n) is 1.27. The van der Waals surface area contributed by atoms with Crippen molar-refractivity contribution < 1.29 is 14.3 Å². The van der Waals surface area contributed by atoms with E-state index < -0.39 is 11.9 Å². The lowest BCUT2D eigenvalue weighted by atomic mass is 10.3. The maximum atomic E-state index is 10.8. The molecule has 0 radical (unpaired) electrons. The zero-order valence-corrected chi connectivity index (χ0v) is 7.13. The first kappa shape index (κ1) is 10.7. The molecule has 0 spiro atoms. The maximum absolute atomic E-state index is 10.8. The van der Waals surface area contributed by atoms with E-state index in [9.17, 15) is 9.59 Å². The molecular formula is C8H13NO3. The zero-order chi connectivity index (χ0) is 9.56. The zero-order valence-electron chi connectivity index (χ0n) is 7.13. The summed E-state index contributed by atoms with van der Waals surface area (Å²) in [5, 5.41) is 0. The first-order valence-corrected chi connectivity index (χ1v) is 3.75. The highest BCUT2D eigenvalue weighted by molar-refractivity contribution is 6.15. The standard InChI is InChI=1S/C8H13NO3/c1-3-4-5-12-8(11)6(2)7(9)10/h2-5H2,1H3,(H2,9,10). The second kappa shape index (κ2) is 5.35. The molecule has 0 bridgehead atoms. The Balaban J connectivity index is 3.73. The van der Waals surface area contributed by atoms with E-state index in [1.807, 2.05) is 6.92 Å². The number of rotatable bonds is 5. The van der Waals surface area contributed by atoms with Crippen LogP contribution in [0.5, 0.6) is 0 Å². The summed E-state index contributed by atoms with van der Waals surface area (Å²) in [4.78, 5) is 21.2. The number of carbonyl (C=O) groups excluding carboxylic acids is 2. The SMILES string of the molecule is C=C(C(N)=O)C(=O)OCCCC. The molecule has 0 saturated heterocycles. The predicted octanol–water partition coefficient (Wildman–Crippen LogP) is 0.371. The number of amides is 1. The first-order chi connectivity index (χ1) is 5.59. The van der Waals surface area contributed by atoms with E-state index >= 15 is 0 Å². The van der Waals surface area contributed by atoms with Crippen LogP contribution in [-0.2, 0) is 14.3 Å². The molecular weight excluding hydrogens is 158 g/mol. The molecule has 4 heteroatoms. The van der Waals surface area contributed by atoms with Gasteiger partial charge in [0.25, 0.3) is 5.91 Å². The van der Waals surface area contributed by atoms with Gasteiger partial charge in [-0.25, -0.2) is 4.79 Å². The maximum Gasteiger partial charge on any atom is 0.343 e. The molecule has 4 nitrogen and oxygen atoms in total. The van der Waals surface area contributed by atoms with Gasteiger partial charge < -0.3 is 10.5 Å². The minimum absolute atomic E-state index is 0.300. The summed E-state index contributed by atoms with van der Waals surface area (Å²) >= 11 is 0. The van der Waals surface area contributed by atoms with Crippen LogP contribution >= 0.6 is 0 Å². The topological polar surface area (TPSA) is 69.4 Å². The average Bonchev–Trinajstić information content (AvgIpc) is 2.03. The number of esters is 1. The summed E-state index contributed by atoms with van der Waals surface area (Å²) in [6, 6.07) is 0. The van der Waals surface area contributed by atoms with E-state index in [0.29, 0.717) is 6.61 Å². The van der Waals surface area contributed by atoms with E-state index in [0.717, 1.165) is 12.8 Å². The summed E-state index contributed by atoms with van der Waals surface area (Å²) < 4.78 is 4.67. The number of hydrogen-bond acceptors (Lipinski definition) is 3. The fourth-order valence-corrected chi connectivity index (χ4v) is 0.497. The van der Waals surface area contributed by atoms with Gasteiger partial charge in [-0.2, -0.15) is 0 Å². The van der Waals surface area contributed by atoms with Crippen molar-refractivity contribution in [3.8, 4) is 0 Å². The van der Waals surface area contributed by atoms with Crippen molar-refractivity contribution in [3.05, 3.63) is 12.2 Å². The van der Waals surface area contributed by atoms with Gasteiger partial charge >= 0.3 is 5.97 Å². The van der Waals surface area contributed by atoms with Crippen LogP contribution in [0, 0.1) is 0 Å². The quantitative estimate of drug-likeness (QED) is 0.213. The number of primary amides is 1. The number of unbranched alkanes of at least 4 members (excludes halogenated alkanes) is 1. The molecule has 2 N–H and O–H groups in total. The summed E-state index contributed by atoms with van der Waals surface area (Å²) in [5.41, 5.74) is 4.50. The molecule has 68 valence electrons. The molecule has 0 aromatic rings. The van der Waals surface area contributed by atoms with Crippen molar-refractivity contribution in [3.63, 3.8) is 0 Å². The summed E-state index contributed by atoms with van der Waals surface area (Å²) in [6.07, 6.45) is 1.70. The highest BCUT2D eigenvalue weighted by Gasteiger charge is 2.12. The molecule has 0 fully saturated rings. The van der Waals surface area contributed by atoms with Gasteiger partial charge in [-0.15, -0.1) is 0 Å². The Bertz CT molecular complexity index is 198. The lowest BCUT2D eigenvalue weighted by Crippen LogP contribution is -2.21. The third kappa shape index (κ3) is 3.75. The van der Waals surface area contributed by atoms with Gasteiger partial charge in [0.05, 0.1) is 6.61 Å². The Labute approximate surface area is 71.4 Å². The third-order valence-corrected chi connectivity index (χ3v) is 1.27. The van der Waals surface area contributed by atoms with Crippen LogP contribution in [0.25, 0.3) is 0 Å². The van der Waals surface area contributed by atoms with E-state index in [4.69, 9.17) is 5.73 Å². The lowest BCUT2D eigenvalue weighted by molar-refractivity contribution is -0.140. The van der Waals surface area contributed by atoms with Crippen LogP contribution in [0.4, 0.5) is 0 Å².